The number of aromatic nitrogens is 1. The molecule has 0 aliphatic heterocycles. The van der Waals surface area contributed by atoms with Gasteiger partial charge in [0.1, 0.15) is 6.10 Å². The van der Waals surface area contributed by atoms with Crippen LogP contribution in [-0.2, 0) is 0 Å². The molecule has 0 spiro atoms. The first-order chi connectivity index (χ1) is 7.06. The van der Waals surface area contributed by atoms with Gasteiger partial charge in [-0.1, -0.05) is 0 Å². The van der Waals surface area contributed by atoms with Crippen LogP contribution in [0.3, 0.4) is 0 Å². The summed E-state index contributed by atoms with van der Waals surface area (Å²) in [6, 6.07) is 1.56. The van der Waals surface area contributed by atoms with Crippen molar-refractivity contribution in [3.05, 3.63) is 33.7 Å². The summed E-state index contributed by atoms with van der Waals surface area (Å²) >= 11 is 0. The maximum absolute atomic E-state index is 11.4. The molecule has 0 amide bonds. The van der Waals surface area contributed by atoms with Gasteiger partial charge in [-0.15, -0.1) is 0 Å². The Morgan fingerprint density at radius 1 is 1.53 bits per heavy atom. The van der Waals surface area contributed by atoms with E-state index in [4.69, 9.17) is 5.73 Å². The van der Waals surface area contributed by atoms with Crippen LogP contribution >= 0.6 is 0 Å². The zero-order valence-electron chi connectivity index (χ0n) is 8.60. The monoisotopic (exact) mass is 212 g/mol. The van der Waals surface area contributed by atoms with Gasteiger partial charge in [-0.3, -0.25) is 4.79 Å². The molecule has 84 valence electrons. The molecule has 0 bridgehead atoms. The SMILES string of the molecule is Cc1c[nH]c(=O)c(C(O)C(O)CCN)c1. The number of aryl methyl sites for hydroxylation is 1. The first-order valence-electron chi connectivity index (χ1n) is 4.81. The van der Waals surface area contributed by atoms with Crippen molar-refractivity contribution < 1.29 is 10.2 Å². The molecular formula is C10H16N2O3. The normalized spacial score (nSPS) is 14.9. The van der Waals surface area contributed by atoms with Crippen molar-refractivity contribution in [1.82, 2.24) is 4.98 Å². The molecule has 1 aromatic heterocycles. The number of nitrogens with two attached hydrogens (primary N) is 1. The predicted molar refractivity (Wildman–Crippen MR) is 56.4 cm³/mol. The summed E-state index contributed by atoms with van der Waals surface area (Å²) in [5.41, 5.74) is 5.87. The number of rotatable bonds is 4. The fourth-order valence-corrected chi connectivity index (χ4v) is 1.37. The second-order valence-electron chi connectivity index (χ2n) is 3.55. The van der Waals surface area contributed by atoms with E-state index in [9.17, 15) is 15.0 Å². The standard InChI is InChI=1S/C10H16N2O3/c1-6-4-7(10(15)12-5-6)9(14)8(13)2-3-11/h4-5,8-9,13-14H,2-3,11H2,1H3,(H,12,15). The molecule has 1 rings (SSSR count). The molecule has 5 heteroatoms. The van der Waals surface area contributed by atoms with Crippen LogP contribution in [0.15, 0.2) is 17.1 Å². The van der Waals surface area contributed by atoms with Gasteiger partial charge in [0.15, 0.2) is 0 Å². The van der Waals surface area contributed by atoms with Gasteiger partial charge in [-0.05, 0) is 31.5 Å². The highest BCUT2D eigenvalue weighted by atomic mass is 16.3. The second-order valence-corrected chi connectivity index (χ2v) is 3.55. The third kappa shape index (κ3) is 2.89. The Bertz CT molecular complexity index is 375. The maximum Gasteiger partial charge on any atom is 0.253 e. The Labute approximate surface area is 87.6 Å². The number of aromatic amines is 1. The Morgan fingerprint density at radius 3 is 2.80 bits per heavy atom. The smallest absolute Gasteiger partial charge is 0.253 e. The minimum absolute atomic E-state index is 0.177. The highest BCUT2D eigenvalue weighted by Crippen LogP contribution is 2.15. The van der Waals surface area contributed by atoms with Crippen molar-refractivity contribution in [2.45, 2.75) is 25.6 Å². The third-order valence-corrected chi connectivity index (χ3v) is 2.22. The van der Waals surface area contributed by atoms with E-state index < -0.39 is 12.2 Å². The number of pyridine rings is 1. The quantitative estimate of drug-likeness (QED) is 0.537. The summed E-state index contributed by atoms with van der Waals surface area (Å²) in [5, 5.41) is 19.2. The van der Waals surface area contributed by atoms with Crippen LogP contribution in [0.25, 0.3) is 0 Å². The van der Waals surface area contributed by atoms with Crippen LogP contribution in [0.5, 0.6) is 0 Å². The lowest BCUT2D eigenvalue weighted by atomic mass is 10.0. The van der Waals surface area contributed by atoms with E-state index in [1.165, 1.54) is 0 Å². The summed E-state index contributed by atoms with van der Waals surface area (Å²) in [7, 11) is 0. The highest BCUT2D eigenvalue weighted by Gasteiger charge is 2.20. The Balaban J connectivity index is 2.94. The van der Waals surface area contributed by atoms with E-state index in [0.717, 1.165) is 5.56 Å². The number of aliphatic hydroxyl groups is 2. The second kappa shape index (κ2) is 5.06. The average molecular weight is 212 g/mol. The summed E-state index contributed by atoms with van der Waals surface area (Å²) in [5.74, 6) is 0. The highest BCUT2D eigenvalue weighted by molar-refractivity contribution is 5.19. The predicted octanol–water partition coefficient (Wildman–Crippen LogP) is -0.574. The van der Waals surface area contributed by atoms with Gasteiger partial charge in [0.25, 0.3) is 5.56 Å². The Morgan fingerprint density at radius 2 is 2.20 bits per heavy atom. The van der Waals surface area contributed by atoms with Crippen molar-refractivity contribution >= 4 is 0 Å². The van der Waals surface area contributed by atoms with Crippen LogP contribution in [0, 0.1) is 6.92 Å². The molecule has 0 fully saturated rings. The van der Waals surface area contributed by atoms with Crippen LogP contribution < -0.4 is 11.3 Å². The first kappa shape index (κ1) is 11.9. The van der Waals surface area contributed by atoms with Gasteiger partial charge < -0.3 is 20.9 Å². The maximum atomic E-state index is 11.4. The van der Waals surface area contributed by atoms with Gasteiger partial charge in [0.05, 0.1) is 6.10 Å². The van der Waals surface area contributed by atoms with Gasteiger partial charge in [-0.25, -0.2) is 0 Å². The summed E-state index contributed by atoms with van der Waals surface area (Å²) in [4.78, 5) is 13.9. The lowest BCUT2D eigenvalue weighted by Crippen LogP contribution is -2.27. The zero-order chi connectivity index (χ0) is 11.4. The summed E-state index contributed by atoms with van der Waals surface area (Å²) in [6.07, 6.45) is -0.377. The first-order valence-corrected chi connectivity index (χ1v) is 4.81. The van der Waals surface area contributed by atoms with E-state index >= 15 is 0 Å². The number of hydrogen-bond donors (Lipinski definition) is 4. The topological polar surface area (TPSA) is 99.3 Å². The van der Waals surface area contributed by atoms with Crippen LogP contribution in [0.2, 0.25) is 0 Å². The molecule has 0 saturated carbocycles. The van der Waals surface area contributed by atoms with Crippen molar-refractivity contribution in [3.63, 3.8) is 0 Å². The summed E-state index contributed by atoms with van der Waals surface area (Å²) in [6.45, 7) is 2.06. The molecule has 5 N–H and O–H groups in total. The number of H-pyrrole nitrogens is 1. The molecule has 1 heterocycles. The molecule has 2 atom stereocenters. The lowest BCUT2D eigenvalue weighted by Gasteiger charge is -2.16. The molecule has 2 unspecified atom stereocenters. The van der Waals surface area contributed by atoms with Crippen molar-refractivity contribution in [2.75, 3.05) is 6.54 Å². The number of aliphatic hydroxyl groups excluding tert-OH is 2. The molecule has 15 heavy (non-hydrogen) atoms. The molecular weight excluding hydrogens is 196 g/mol. The molecule has 0 aliphatic carbocycles. The van der Waals surface area contributed by atoms with Crippen molar-refractivity contribution in [2.24, 2.45) is 5.73 Å². The molecule has 0 saturated heterocycles. The van der Waals surface area contributed by atoms with E-state index in [0.29, 0.717) is 0 Å². The minimum atomic E-state index is -1.18. The molecule has 1 aromatic rings. The van der Waals surface area contributed by atoms with Crippen LogP contribution in [0.4, 0.5) is 0 Å². The Hall–Kier alpha value is -1.17. The lowest BCUT2D eigenvalue weighted by molar-refractivity contribution is 0.0141. The van der Waals surface area contributed by atoms with Crippen LogP contribution in [0.1, 0.15) is 23.7 Å². The van der Waals surface area contributed by atoms with Crippen LogP contribution in [-0.4, -0.2) is 27.8 Å². The largest absolute Gasteiger partial charge is 0.390 e. The van der Waals surface area contributed by atoms with Gasteiger partial charge in [0, 0.05) is 11.8 Å². The van der Waals surface area contributed by atoms with E-state index in [1.54, 1.807) is 19.2 Å². The van der Waals surface area contributed by atoms with Gasteiger partial charge in [-0.2, -0.15) is 0 Å². The van der Waals surface area contributed by atoms with Crippen molar-refractivity contribution in [1.29, 1.82) is 0 Å². The molecule has 5 nitrogen and oxygen atoms in total. The average Bonchev–Trinajstić information content (AvgIpc) is 2.21. The molecule has 0 aromatic carbocycles. The van der Waals surface area contributed by atoms with E-state index in [2.05, 4.69) is 4.98 Å². The number of hydrogen-bond acceptors (Lipinski definition) is 4. The third-order valence-electron chi connectivity index (χ3n) is 2.22. The molecule has 0 aliphatic rings. The fourth-order valence-electron chi connectivity index (χ4n) is 1.37. The van der Waals surface area contributed by atoms with E-state index in [-0.39, 0.29) is 24.1 Å². The minimum Gasteiger partial charge on any atom is -0.390 e. The number of nitrogens with one attached hydrogen (secondary N) is 1. The van der Waals surface area contributed by atoms with Gasteiger partial charge >= 0.3 is 0 Å². The summed E-state index contributed by atoms with van der Waals surface area (Å²) < 4.78 is 0. The van der Waals surface area contributed by atoms with Crippen molar-refractivity contribution in [3.8, 4) is 0 Å². The molecule has 0 radical (unpaired) electrons. The Kier molecular flexibility index (Phi) is 4.02. The fraction of sp³-hybridized carbons (Fsp3) is 0.500. The zero-order valence-corrected chi connectivity index (χ0v) is 8.60. The van der Waals surface area contributed by atoms with Gasteiger partial charge in [0.2, 0.25) is 0 Å². The van der Waals surface area contributed by atoms with E-state index in [1.807, 2.05) is 0 Å².